The number of rotatable bonds is 4. The van der Waals surface area contributed by atoms with Gasteiger partial charge in [0.05, 0.1) is 0 Å². The lowest BCUT2D eigenvalue weighted by atomic mass is 9.70. The third-order valence-corrected chi connectivity index (χ3v) is 4.20. The number of hydrogen-bond donors (Lipinski definition) is 1. The van der Waals surface area contributed by atoms with E-state index in [9.17, 15) is 9.18 Å². The van der Waals surface area contributed by atoms with Crippen LogP contribution < -0.4 is 5.32 Å². The van der Waals surface area contributed by atoms with Crippen molar-refractivity contribution in [2.45, 2.75) is 39.5 Å². The van der Waals surface area contributed by atoms with Gasteiger partial charge >= 0.3 is 0 Å². The van der Waals surface area contributed by atoms with Gasteiger partial charge in [0.1, 0.15) is 5.82 Å². The van der Waals surface area contributed by atoms with Crippen molar-refractivity contribution in [1.29, 1.82) is 0 Å². The van der Waals surface area contributed by atoms with Gasteiger partial charge in [0.15, 0.2) is 5.78 Å². The summed E-state index contributed by atoms with van der Waals surface area (Å²) in [6.07, 6.45) is 3.70. The molecule has 1 heterocycles. The molecule has 0 amide bonds. The molecule has 0 radical (unpaired) electrons. The van der Waals surface area contributed by atoms with Crippen molar-refractivity contribution in [3.05, 3.63) is 35.1 Å². The van der Waals surface area contributed by atoms with Crippen molar-refractivity contribution in [2.24, 2.45) is 5.41 Å². The molecule has 1 aromatic carbocycles. The lowest BCUT2D eigenvalue weighted by molar-refractivity contribution is 0.0703. The van der Waals surface area contributed by atoms with Crippen molar-refractivity contribution in [2.75, 3.05) is 13.1 Å². The van der Waals surface area contributed by atoms with Gasteiger partial charge in [-0.3, -0.25) is 4.79 Å². The topological polar surface area (TPSA) is 29.1 Å². The van der Waals surface area contributed by atoms with E-state index < -0.39 is 0 Å². The fraction of sp³-hybridized carbons (Fsp3) is 0.562. The Labute approximate surface area is 114 Å². The van der Waals surface area contributed by atoms with Crippen molar-refractivity contribution < 1.29 is 9.18 Å². The predicted octanol–water partition coefficient (Wildman–Crippen LogP) is 3.49. The van der Waals surface area contributed by atoms with Gasteiger partial charge in [0.2, 0.25) is 0 Å². The van der Waals surface area contributed by atoms with Gasteiger partial charge in [-0.1, -0.05) is 13.3 Å². The van der Waals surface area contributed by atoms with Gasteiger partial charge in [-0.15, -0.1) is 0 Å². The molecule has 0 aromatic heterocycles. The number of carbonyl (C=O) groups excluding carboxylic acids is 1. The Balaban J connectivity index is 2.33. The maximum absolute atomic E-state index is 13.2. The van der Waals surface area contributed by atoms with Crippen molar-refractivity contribution in [3.63, 3.8) is 0 Å². The maximum Gasteiger partial charge on any atom is 0.169 e. The average Bonchev–Trinajstić information content (AvgIpc) is 2.39. The molecule has 1 aromatic rings. The third-order valence-electron chi connectivity index (χ3n) is 4.20. The first-order chi connectivity index (χ1) is 9.09. The summed E-state index contributed by atoms with van der Waals surface area (Å²) in [7, 11) is 0. The van der Waals surface area contributed by atoms with Crippen LogP contribution in [0.15, 0.2) is 18.2 Å². The second-order valence-corrected chi connectivity index (χ2v) is 5.57. The highest BCUT2D eigenvalue weighted by Gasteiger charge is 2.39. The van der Waals surface area contributed by atoms with E-state index in [1.807, 2.05) is 6.92 Å². The van der Waals surface area contributed by atoms with E-state index in [-0.39, 0.29) is 17.0 Å². The molecular formula is C16H22FNO. The Morgan fingerprint density at radius 3 is 2.63 bits per heavy atom. The smallest absolute Gasteiger partial charge is 0.169 e. The molecule has 0 saturated carbocycles. The number of aryl methyl sites for hydroxylation is 1. The standard InChI is InChI=1S/C16H22FNO/c1-3-6-16(7-9-18-10-8-16)15(19)14-5-4-13(17)11-12(14)2/h4-5,11,18H,3,6-10H2,1-2H3. The minimum absolute atomic E-state index is 0.202. The van der Waals surface area contributed by atoms with E-state index in [1.165, 1.54) is 12.1 Å². The summed E-state index contributed by atoms with van der Waals surface area (Å²) in [6, 6.07) is 4.49. The molecule has 19 heavy (non-hydrogen) atoms. The summed E-state index contributed by atoms with van der Waals surface area (Å²) in [5, 5.41) is 3.32. The number of hydrogen-bond acceptors (Lipinski definition) is 2. The van der Waals surface area contributed by atoms with Crippen molar-refractivity contribution in [1.82, 2.24) is 5.32 Å². The number of halogens is 1. The highest BCUT2D eigenvalue weighted by atomic mass is 19.1. The van der Waals surface area contributed by atoms with Gasteiger partial charge < -0.3 is 5.32 Å². The molecule has 1 saturated heterocycles. The van der Waals surface area contributed by atoms with Crippen LogP contribution >= 0.6 is 0 Å². The van der Waals surface area contributed by atoms with Crippen LogP contribution in [0, 0.1) is 18.2 Å². The number of benzene rings is 1. The lowest BCUT2D eigenvalue weighted by Gasteiger charge is -2.36. The average molecular weight is 263 g/mol. The molecule has 1 aliphatic heterocycles. The van der Waals surface area contributed by atoms with Crippen LogP contribution in [0.4, 0.5) is 4.39 Å². The Morgan fingerprint density at radius 1 is 1.37 bits per heavy atom. The zero-order valence-electron chi connectivity index (χ0n) is 11.8. The van der Waals surface area contributed by atoms with Crippen LogP contribution in [0.5, 0.6) is 0 Å². The first-order valence-corrected chi connectivity index (χ1v) is 7.11. The molecule has 104 valence electrons. The quantitative estimate of drug-likeness (QED) is 0.843. The minimum Gasteiger partial charge on any atom is -0.317 e. The van der Waals surface area contributed by atoms with Gasteiger partial charge in [0.25, 0.3) is 0 Å². The van der Waals surface area contributed by atoms with Crippen LogP contribution in [0.2, 0.25) is 0 Å². The summed E-state index contributed by atoms with van der Waals surface area (Å²) in [6.45, 7) is 5.73. The highest BCUT2D eigenvalue weighted by molar-refractivity contribution is 6.01. The van der Waals surface area contributed by atoms with Crippen LogP contribution in [-0.2, 0) is 0 Å². The molecule has 3 heteroatoms. The summed E-state index contributed by atoms with van der Waals surface area (Å²) in [5.74, 6) is -0.0720. The molecule has 0 bridgehead atoms. The maximum atomic E-state index is 13.2. The molecule has 1 N–H and O–H groups in total. The molecule has 1 fully saturated rings. The minimum atomic E-state index is -0.274. The SMILES string of the molecule is CCCC1(C(=O)c2ccc(F)cc2C)CCNCC1. The summed E-state index contributed by atoms with van der Waals surface area (Å²) >= 11 is 0. The Kier molecular flexibility index (Phi) is 4.35. The van der Waals surface area contributed by atoms with E-state index in [1.54, 1.807) is 6.07 Å². The van der Waals surface area contributed by atoms with E-state index in [0.717, 1.165) is 44.3 Å². The molecule has 1 aliphatic rings. The molecule has 0 atom stereocenters. The lowest BCUT2D eigenvalue weighted by Crippen LogP contribution is -2.42. The van der Waals surface area contributed by atoms with Gasteiger partial charge in [0, 0.05) is 11.0 Å². The summed E-state index contributed by atoms with van der Waals surface area (Å²) in [5.41, 5.74) is 1.19. The fourth-order valence-electron chi connectivity index (χ4n) is 3.14. The van der Waals surface area contributed by atoms with Crippen LogP contribution in [-0.4, -0.2) is 18.9 Å². The van der Waals surface area contributed by atoms with Crippen molar-refractivity contribution in [3.8, 4) is 0 Å². The summed E-state index contributed by atoms with van der Waals surface area (Å²) < 4.78 is 13.2. The van der Waals surface area contributed by atoms with E-state index >= 15 is 0 Å². The second kappa shape index (κ2) is 5.83. The zero-order valence-corrected chi connectivity index (χ0v) is 11.8. The Morgan fingerprint density at radius 2 is 2.05 bits per heavy atom. The number of piperidine rings is 1. The molecule has 0 spiro atoms. The van der Waals surface area contributed by atoms with Gasteiger partial charge in [-0.25, -0.2) is 4.39 Å². The van der Waals surface area contributed by atoms with E-state index in [4.69, 9.17) is 0 Å². The van der Waals surface area contributed by atoms with Crippen LogP contribution in [0.3, 0.4) is 0 Å². The fourth-order valence-corrected chi connectivity index (χ4v) is 3.14. The first-order valence-electron chi connectivity index (χ1n) is 7.11. The molecule has 2 rings (SSSR count). The Bertz CT molecular complexity index is 458. The molecule has 0 aliphatic carbocycles. The van der Waals surface area contributed by atoms with E-state index in [0.29, 0.717) is 5.56 Å². The monoisotopic (exact) mass is 263 g/mol. The molecule has 2 nitrogen and oxygen atoms in total. The first kappa shape index (κ1) is 14.2. The predicted molar refractivity (Wildman–Crippen MR) is 74.9 cm³/mol. The van der Waals surface area contributed by atoms with Gasteiger partial charge in [-0.05, 0) is 63.0 Å². The van der Waals surface area contributed by atoms with Crippen LogP contribution in [0.25, 0.3) is 0 Å². The van der Waals surface area contributed by atoms with Gasteiger partial charge in [-0.2, -0.15) is 0 Å². The number of nitrogens with one attached hydrogen (secondary N) is 1. The molecule has 0 unspecified atom stereocenters. The zero-order chi connectivity index (χ0) is 13.9. The van der Waals surface area contributed by atoms with Crippen LogP contribution in [0.1, 0.15) is 48.5 Å². The molecular weight excluding hydrogens is 241 g/mol. The number of Topliss-reactive ketones (excluding diaryl/α,β-unsaturated/α-hetero) is 1. The number of carbonyl (C=O) groups is 1. The highest BCUT2D eigenvalue weighted by Crippen LogP contribution is 2.38. The van der Waals surface area contributed by atoms with E-state index in [2.05, 4.69) is 12.2 Å². The third kappa shape index (κ3) is 2.86. The Hall–Kier alpha value is -1.22. The second-order valence-electron chi connectivity index (χ2n) is 5.57. The van der Waals surface area contributed by atoms with Crippen molar-refractivity contribution >= 4 is 5.78 Å². The summed E-state index contributed by atoms with van der Waals surface area (Å²) in [4.78, 5) is 12.9. The largest absolute Gasteiger partial charge is 0.317 e. The normalized spacial score (nSPS) is 18.3. The number of ketones is 1.